The first-order valence-corrected chi connectivity index (χ1v) is 5.87. The number of ether oxygens (including phenoxy) is 1. The molecule has 0 radical (unpaired) electrons. The standard InChI is InChI=1S/C14H18N2O/c1-14(2)7-13(14)16-9-10-4-5-11(8-15)12(6-10)17-3/h4-6,13,16H,7,9H2,1-3H3. The van der Waals surface area contributed by atoms with Crippen molar-refractivity contribution in [2.45, 2.75) is 32.9 Å². The molecule has 1 fully saturated rings. The van der Waals surface area contributed by atoms with Crippen LogP contribution in [0.1, 0.15) is 31.4 Å². The van der Waals surface area contributed by atoms with Crippen LogP contribution in [0.25, 0.3) is 0 Å². The maximum Gasteiger partial charge on any atom is 0.136 e. The van der Waals surface area contributed by atoms with Crippen molar-refractivity contribution in [1.82, 2.24) is 5.32 Å². The fourth-order valence-corrected chi connectivity index (χ4v) is 1.99. The molecular weight excluding hydrogens is 212 g/mol. The average molecular weight is 230 g/mol. The maximum atomic E-state index is 8.89. The van der Waals surface area contributed by atoms with Crippen molar-refractivity contribution in [3.63, 3.8) is 0 Å². The first kappa shape index (κ1) is 11.9. The Morgan fingerprint density at radius 1 is 1.53 bits per heavy atom. The Morgan fingerprint density at radius 2 is 2.24 bits per heavy atom. The Kier molecular flexibility index (Phi) is 3.08. The third-order valence-electron chi connectivity index (χ3n) is 3.45. The highest BCUT2D eigenvalue weighted by Gasteiger charge is 2.44. The second kappa shape index (κ2) is 4.38. The summed E-state index contributed by atoms with van der Waals surface area (Å²) in [6, 6.07) is 8.45. The van der Waals surface area contributed by atoms with E-state index in [9.17, 15) is 0 Å². The van der Waals surface area contributed by atoms with E-state index < -0.39 is 0 Å². The molecule has 0 aliphatic heterocycles. The lowest BCUT2D eigenvalue weighted by atomic mass is 10.1. The monoisotopic (exact) mass is 230 g/mol. The van der Waals surface area contributed by atoms with Gasteiger partial charge < -0.3 is 10.1 Å². The molecule has 3 heteroatoms. The summed E-state index contributed by atoms with van der Waals surface area (Å²) in [5.74, 6) is 0.654. The average Bonchev–Trinajstić information content (AvgIpc) is 2.94. The number of nitrogens with zero attached hydrogens (tertiary/aromatic N) is 1. The smallest absolute Gasteiger partial charge is 0.136 e. The van der Waals surface area contributed by atoms with Crippen LogP contribution in [-0.2, 0) is 6.54 Å². The molecule has 0 spiro atoms. The van der Waals surface area contributed by atoms with Gasteiger partial charge in [-0.3, -0.25) is 0 Å². The number of hydrogen-bond donors (Lipinski definition) is 1. The molecule has 1 aliphatic rings. The summed E-state index contributed by atoms with van der Waals surface area (Å²) >= 11 is 0. The summed E-state index contributed by atoms with van der Waals surface area (Å²) < 4.78 is 5.19. The fraction of sp³-hybridized carbons (Fsp3) is 0.500. The molecule has 0 bridgehead atoms. The van der Waals surface area contributed by atoms with Crippen LogP contribution in [0.15, 0.2) is 18.2 Å². The Bertz CT molecular complexity index is 460. The molecule has 1 N–H and O–H groups in total. The van der Waals surface area contributed by atoms with Crippen LogP contribution in [0, 0.1) is 16.7 Å². The zero-order valence-electron chi connectivity index (χ0n) is 10.6. The lowest BCUT2D eigenvalue weighted by molar-refractivity contribution is 0.412. The van der Waals surface area contributed by atoms with E-state index in [1.807, 2.05) is 18.2 Å². The van der Waals surface area contributed by atoms with Crippen molar-refractivity contribution in [3.8, 4) is 11.8 Å². The first-order valence-electron chi connectivity index (χ1n) is 5.87. The molecule has 0 amide bonds. The van der Waals surface area contributed by atoms with Gasteiger partial charge in [-0.25, -0.2) is 0 Å². The Labute approximate surface area is 102 Å². The van der Waals surface area contributed by atoms with E-state index in [2.05, 4.69) is 25.2 Å². The van der Waals surface area contributed by atoms with Crippen LogP contribution in [0.4, 0.5) is 0 Å². The zero-order chi connectivity index (χ0) is 12.5. The molecule has 1 atom stereocenters. The summed E-state index contributed by atoms with van der Waals surface area (Å²) in [5.41, 5.74) is 2.18. The highest BCUT2D eigenvalue weighted by molar-refractivity contribution is 5.45. The third kappa shape index (κ3) is 2.59. The van der Waals surface area contributed by atoms with Gasteiger partial charge in [0.05, 0.1) is 12.7 Å². The summed E-state index contributed by atoms with van der Waals surface area (Å²) in [6.45, 7) is 5.37. The van der Waals surface area contributed by atoms with Crippen LogP contribution in [0.3, 0.4) is 0 Å². The second-order valence-electron chi connectivity index (χ2n) is 5.27. The molecule has 1 aliphatic carbocycles. The van der Waals surface area contributed by atoms with Gasteiger partial charge >= 0.3 is 0 Å². The van der Waals surface area contributed by atoms with Gasteiger partial charge in [-0.2, -0.15) is 5.26 Å². The molecule has 1 unspecified atom stereocenters. The number of rotatable bonds is 4. The van der Waals surface area contributed by atoms with Gasteiger partial charge in [0, 0.05) is 12.6 Å². The molecule has 0 saturated heterocycles. The summed E-state index contributed by atoms with van der Waals surface area (Å²) in [4.78, 5) is 0. The lowest BCUT2D eigenvalue weighted by Crippen LogP contribution is -2.19. The maximum absolute atomic E-state index is 8.89. The third-order valence-corrected chi connectivity index (χ3v) is 3.45. The number of hydrogen-bond acceptors (Lipinski definition) is 3. The molecule has 2 rings (SSSR count). The van der Waals surface area contributed by atoms with Crippen molar-refractivity contribution >= 4 is 0 Å². The van der Waals surface area contributed by atoms with Crippen LogP contribution >= 0.6 is 0 Å². The van der Waals surface area contributed by atoms with Crippen LogP contribution in [-0.4, -0.2) is 13.2 Å². The Hall–Kier alpha value is -1.53. The van der Waals surface area contributed by atoms with Crippen molar-refractivity contribution in [2.75, 3.05) is 7.11 Å². The van der Waals surface area contributed by atoms with E-state index in [0.29, 0.717) is 22.8 Å². The molecule has 1 saturated carbocycles. The van der Waals surface area contributed by atoms with Gasteiger partial charge in [0.2, 0.25) is 0 Å². The topological polar surface area (TPSA) is 45.0 Å². The van der Waals surface area contributed by atoms with E-state index in [0.717, 1.165) is 12.1 Å². The molecule has 0 heterocycles. The van der Waals surface area contributed by atoms with E-state index in [1.165, 1.54) is 6.42 Å². The summed E-state index contributed by atoms with van der Waals surface area (Å²) in [6.07, 6.45) is 1.24. The highest BCUT2D eigenvalue weighted by Crippen LogP contribution is 2.44. The van der Waals surface area contributed by atoms with Crippen molar-refractivity contribution in [3.05, 3.63) is 29.3 Å². The number of methoxy groups -OCH3 is 1. The largest absolute Gasteiger partial charge is 0.495 e. The van der Waals surface area contributed by atoms with Gasteiger partial charge in [0.15, 0.2) is 0 Å². The lowest BCUT2D eigenvalue weighted by Gasteiger charge is -2.09. The van der Waals surface area contributed by atoms with Crippen molar-refractivity contribution in [2.24, 2.45) is 5.41 Å². The van der Waals surface area contributed by atoms with Crippen molar-refractivity contribution < 1.29 is 4.74 Å². The van der Waals surface area contributed by atoms with E-state index in [1.54, 1.807) is 7.11 Å². The van der Waals surface area contributed by atoms with Crippen LogP contribution in [0.5, 0.6) is 5.75 Å². The van der Waals surface area contributed by atoms with E-state index in [-0.39, 0.29) is 0 Å². The van der Waals surface area contributed by atoms with Gasteiger partial charge in [0.1, 0.15) is 11.8 Å². The molecule has 3 nitrogen and oxygen atoms in total. The summed E-state index contributed by atoms with van der Waals surface area (Å²) in [7, 11) is 1.59. The van der Waals surface area contributed by atoms with Crippen molar-refractivity contribution in [1.29, 1.82) is 5.26 Å². The van der Waals surface area contributed by atoms with Gasteiger partial charge in [-0.15, -0.1) is 0 Å². The quantitative estimate of drug-likeness (QED) is 0.864. The van der Waals surface area contributed by atoms with E-state index >= 15 is 0 Å². The minimum Gasteiger partial charge on any atom is -0.495 e. The number of benzene rings is 1. The predicted octanol–water partition coefficient (Wildman–Crippen LogP) is 2.45. The molecule has 90 valence electrons. The Balaban J connectivity index is 2.00. The van der Waals surface area contributed by atoms with Crippen LogP contribution in [0.2, 0.25) is 0 Å². The summed E-state index contributed by atoms with van der Waals surface area (Å²) in [5, 5.41) is 12.4. The van der Waals surface area contributed by atoms with Gasteiger partial charge in [-0.1, -0.05) is 19.9 Å². The molecule has 17 heavy (non-hydrogen) atoms. The van der Waals surface area contributed by atoms with Gasteiger partial charge in [-0.05, 0) is 29.5 Å². The normalized spacial score (nSPS) is 20.7. The molecule has 0 aromatic heterocycles. The highest BCUT2D eigenvalue weighted by atomic mass is 16.5. The molecule has 1 aromatic carbocycles. The minimum atomic E-state index is 0.441. The Morgan fingerprint density at radius 3 is 2.76 bits per heavy atom. The molecular formula is C14H18N2O. The zero-order valence-corrected chi connectivity index (χ0v) is 10.6. The number of nitriles is 1. The first-order chi connectivity index (χ1) is 8.06. The number of nitrogens with one attached hydrogen (secondary N) is 1. The van der Waals surface area contributed by atoms with Crippen LogP contribution < -0.4 is 10.1 Å². The fourth-order valence-electron chi connectivity index (χ4n) is 1.99. The SMILES string of the molecule is COc1cc(CNC2CC2(C)C)ccc1C#N. The minimum absolute atomic E-state index is 0.441. The predicted molar refractivity (Wildman–Crippen MR) is 66.7 cm³/mol. The van der Waals surface area contributed by atoms with Gasteiger partial charge in [0.25, 0.3) is 0 Å². The van der Waals surface area contributed by atoms with E-state index in [4.69, 9.17) is 10.00 Å². The second-order valence-corrected chi connectivity index (χ2v) is 5.27. The molecule has 1 aromatic rings.